The quantitative estimate of drug-likeness (QED) is 0.434. The van der Waals surface area contributed by atoms with Gasteiger partial charge in [0.25, 0.3) is 0 Å². The number of rotatable bonds is 3. The fraction of sp³-hybridized carbons (Fsp3) is 0.111. The summed E-state index contributed by atoms with van der Waals surface area (Å²) < 4.78 is 1.57. The number of aromatic nitrogens is 2. The van der Waals surface area contributed by atoms with Crippen LogP contribution in [0.25, 0.3) is 11.0 Å². The van der Waals surface area contributed by atoms with Gasteiger partial charge in [0.1, 0.15) is 17.2 Å². The standard InChI is InChI=1S/C9H7N3OS/c10-5-14-7-13-12-6-11-8-3-1-2-4-9(8)12/h1-4,6H,7H2. The summed E-state index contributed by atoms with van der Waals surface area (Å²) >= 11 is 1.05. The maximum absolute atomic E-state index is 8.32. The van der Waals surface area contributed by atoms with Gasteiger partial charge in [0.2, 0.25) is 0 Å². The van der Waals surface area contributed by atoms with Crippen molar-refractivity contribution in [2.75, 3.05) is 5.94 Å². The van der Waals surface area contributed by atoms with Crippen molar-refractivity contribution in [3.05, 3.63) is 30.6 Å². The number of thioether (sulfide) groups is 1. The van der Waals surface area contributed by atoms with Gasteiger partial charge in [0, 0.05) is 0 Å². The monoisotopic (exact) mass is 205 g/mol. The second kappa shape index (κ2) is 4.03. The zero-order chi connectivity index (χ0) is 9.80. The van der Waals surface area contributed by atoms with Crippen LogP contribution in [0.15, 0.2) is 30.6 Å². The molecule has 0 unspecified atom stereocenters. The Labute approximate surface area is 85.1 Å². The highest BCUT2D eigenvalue weighted by Gasteiger charge is 2.00. The van der Waals surface area contributed by atoms with E-state index in [2.05, 4.69) is 4.98 Å². The van der Waals surface area contributed by atoms with E-state index >= 15 is 0 Å². The normalized spacial score (nSPS) is 9.93. The van der Waals surface area contributed by atoms with Crippen molar-refractivity contribution in [1.29, 1.82) is 5.26 Å². The van der Waals surface area contributed by atoms with E-state index in [1.165, 1.54) is 0 Å². The first-order valence-electron chi connectivity index (χ1n) is 3.98. The van der Waals surface area contributed by atoms with Crippen molar-refractivity contribution in [2.24, 2.45) is 0 Å². The molecular weight excluding hydrogens is 198 g/mol. The van der Waals surface area contributed by atoms with Gasteiger partial charge < -0.3 is 4.84 Å². The van der Waals surface area contributed by atoms with Crippen LogP contribution in [0.2, 0.25) is 0 Å². The van der Waals surface area contributed by atoms with Crippen molar-refractivity contribution in [1.82, 2.24) is 9.71 Å². The summed E-state index contributed by atoms with van der Waals surface area (Å²) in [6.07, 6.45) is 1.60. The van der Waals surface area contributed by atoms with E-state index in [0.717, 1.165) is 22.8 Å². The third-order valence-electron chi connectivity index (χ3n) is 1.74. The molecule has 0 bridgehead atoms. The molecule has 0 fully saturated rings. The van der Waals surface area contributed by atoms with E-state index in [0.29, 0.717) is 5.94 Å². The molecule has 0 amide bonds. The lowest BCUT2D eigenvalue weighted by Crippen LogP contribution is -2.08. The first-order valence-corrected chi connectivity index (χ1v) is 4.96. The molecule has 2 aromatic rings. The Bertz CT molecular complexity index is 474. The summed E-state index contributed by atoms with van der Waals surface area (Å²) in [6.45, 7) is 0. The molecule has 2 rings (SSSR count). The topological polar surface area (TPSA) is 50.8 Å². The van der Waals surface area contributed by atoms with Gasteiger partial charge in [-0.3, -0.25) is 0 Å². The number of fused-ring (bicyclic) bond motifs is 1. The molecule has 1 aromatic carbocycles. The van der Waals surface area contributed by atoms with Crippen LogP contribution in [0.5, 0.6) is 0 Å². The number of hydrogen-bond donors (Lipinski definition) is 0. The lowest BCUT2D eigenvalue weighted by Gasteiger charge is -2.03. The average molecular weight is 205 g/mol. The van der Waals surface area contributed by atoms with Crippen LogP contribution < -0.4 is 4.84 Å². The molecule has 1 heterocycles. The van der Waals surface area contributed by atoms with E-state index in [1.54, 1.807) is 11.1 Å². The predicted octanol–water partition coefficient (Wildman–Crippen LogP) is 1.64. The Morgan fingerprint density at radius 3 is 3.21 bits per heavy atom. The lowest BCUT2D eigenvalue weighted by atomic mass is 10.3. The molecule has 5 heteroatoms. The van der Waals surface area contributed by atoms with Crippen LogP contribution in [0.4, 0.5) is 0 Å². The highest BCUT2D eigenvalue weighted by atomic mass is 32.2. The van der Waals surface area contributed by atoms with E-state index in [-0.39, 0.29) is 0 Å². The fourth-order valence-corrected chi connectivity index (χ4v) is 1.37. The predicted molar refractivity (Wildman–Crippen MR) is 54.4 cm³/mol. The fourth-order valence-electron chi connectivity index (χ4n) is 1.15. The Hall–Kier alpha value is -1.67. The zero-order valence-electron chi connectivity index (χ0n) is 7.25. The van der Waals surface area contributed by atoms with Crippen LogP contribution in [0.3, 0.4) is 0 Å². The van der Waals surface area contributed by atoms with Crippen LogP contribution in [-0.2, 0) is 0 Å². The largest absolute Gasteiger partial charge is 0.400 e. The Morgan fingerprint density at radius 1 is 1.50 bits per heavy atom. The van der Waals surface area contributed by atoms with Crippen molar-refractivity contribution in [3.8, 4) is 5.40 Å². The number of para-hydroxylation sites is 2. The van der Waals surface area contributed by atoms with Crippen molar-refractivity contribution >= 4 is 22.8 Å². The third-order valence-corrected chi connectivity index (χ3v) is 2.09. The molecule has 0 atom stereocenters. The number of thiocyanates is 1. The second-order valence-corrected chi connectivity index (χ2v) is 3.25. The summed E-state index contributed by atoms with van der Waals surface area (Å²) in [5.74, 6) is 0.302. The molecule has 70 valence electrons. The lowest BCUT2D eigenvalue weighted by molar-refractivity contribution is 0.163. The van der Waals surface area contributed by atoms with Crippen LogP contribution in [-0.4, -0.2) is 15.7 Å². The number of imidazole rings is 1. The zero-order valence-corrected chi connectivity index (χ0v) is 8.07. The highest BCUT2D eigenvalue weighted by Crippen LogP contribution is 2.10. The third kappa shape index (κ3) is 1.65. The minimum absolute atomic E-state index is 0.302. The molecule has 0 aliphatic rings. The van der Waals surface area contributed by atoms with Gasteiger partial charge >= 0.3 is 0 Å². The molecule has 1 aromatic heterocycles. The smallest absolute Gasteiger partial charge is 0.174 e. The molecule has 0 aliphatic heterocycles. The van der Waals surface area contributed by atoms with Crippen LogP contribution in [0, 0.1) is 10.7 Å². The summed E-state index contributed by atoms with van der Waals surface area (Å²) in [6, 6.07) is 7.66. The SMILES string of the molecule is N#CSCOn1cnc2ccccc21. The molecular formula is C9H7N3OS. The van der Waals surface area contributed by atoms with Crippen molar-refractivity contribution < 1.29 is 4.84 Å². The Balaban J connectivity index is 2.22. The van der Waals surface area contributed by atoms with Gasteiger partial charge in [-0.25, -0.2) is 4.98 Å². The van der Waals surface area contributed by atoms with E-state index in [4.69, 9.17) is 10.1 Å². The Morgan fingerprint density at radius 2 is 2.36 bits per heavy atom. The van der Waals surface area contributed by atoms with Gasteiger partial charge in [-0.15, -0.1) is 0 Å². The molecule has 4 nitrogen and oxygen atoms in total. The second-order valence-electron chi connectivity index (χ2n) is 2.54. The Kier molecular flexibility index (Phi) is 2.56. The van der Waals surface area contributed by atoms with Gasteiger partial charge in [-0.05, 0) is 23.9 Å². The summed E-state index contributed by atoms with van der Waals surface area (Å²) in [5, 5.41) is 10.3. The minimum Gasteiger partial charge on any atom is -0.400 e. The van der Waals surface area contributed by atoms with Crippen LogP contribution >= 0.6 is 11.8 Å². The van der Waals surface area contributed by atoms with Gasteiger partial charge in [-0.2, -0.15) is 9.99 Å². The first-order chi connectivity index (χ1) is 6.92. The average Bonchev–Trinajstić information content (AvgIpc) is 2.63. The summed E-state index contributed by atoms with van der Waals surface area (Å²) in [4.78, 5) is 9.44. The highest BCUT2D eigenvalue weighted by molar-refractivity contribution is 8.03. The van der Waals surface area contributed by atoms with E-state index in [1.807, 2.05) is 29.7 Å². The van der Waals surface area contributed by atoms with Crippen LogP contribution in [0.1, 0.15) is 0 Å². The van der Waals surface area contributed by atoms with Crippen molar-refractivity contribution in [2.45, 2.75) is 0 Å². The molecule has 0 spiro atoms. The molecule has 0 saturated heterocycles. The first kappa shape index (κ1) is 8.91. The molecule has 0 aliphatic carbocycles. The summed E-state index contributed by atoms with van der Waals surface area (Å²) in [5.41, 5.74) is 1.79. The number of benzene rings is 1. The molecule has 0 saturated carbocycles. The van der Waals surface area contributed by atoms with Gasteiger partial charge in [0.15, 0.2) is 5.94 Å². The molecule has 14 heavy (non-hydrogen) atoms. The number of nitriles is 1. The molecule has 0 N–H and O–H groups in total. The number of hydrogen-bond acceptors (Lipinski definition) is 4. The minimum atomic E-state index is 0.302. The summed E-state index contributed by atoms with van der Waals surface area (Å²) in [7, 11) is 0. The maximum atomic E-state index is 8.32. The number of nitrogens with zero attached hydrogens (tertiary/aromatic N) is 3. The van der Waals surface area contributed by atoms with Crippen molar-refractivity contribution in [3.63, 3.8) is 0 Å². The van der Waals surface area contributed by atoms with E-state index in [9.17, 15) is 0 Å². The van der Waals surface area contributed by atoms with E-state index < -0.39 is 0 Å². The van der Waals surface area contributed by atoms with Gasteiger partial charge in [0.05, 0.1) is 5.52 Å². The van der Waals surface area contributed by atoms with Gasteiger partial charge in [-0.1, -0.05) is 12.1 Å². The maximum Gasteiger partial charge on any atom is 0.174 e. The molecule has 0 radical (unpaired) electrons.